The van der Waals surface area contributed by atoms with Crippen molar-refractivity contribution in [3.63, 3.8) is 0 Å². The van der Waals surface area contributed by atoms with Crippen LogP contribution in [-0.2, 0) is 23.8 Å². The van der Waals surface area contributed by atoms with E-state index in [1.807, 2.05) is 6.92 Å². The second-order valence-electron chi connectivity index (χ2n) is 5.14. The molecule has 1 fully saturated rings. The van der Waals surface area contributed by atoms with Crippen LogP contribution in [-0.4, -0.2) is 35.0 Å². The van der Waals surface area contributed by atoms with Crippen molar-refractivity contribution in [2.45, 2.75) is 30.4 Å². The Morgan fingerprint density at radius 3 is 2.20 bits per heavy atom. The van der Waals surface area contributed by atoms with Crippen LogP contribution in [0.2, 0.25) is 0 Å². The fourth-order valence-corrected chi connectivity index (χ4v) is 3.29. The number of aryl methyl sites for hydroxylation is 1. The Labute approximate surface area is 120 Å². The standard InChI is InChI=1S/C14H20O5S/c1-11-4-6-13(7-5-11)20(15,16)19-10-12-8-14(9-12,17-2)18-3/h4-7,12H,8-10H2,1-3H3. The highest BCUT2D eigenvalue weighted by atomic mass is 32.2. The number of ether oxygens (including phenoxy) is 2. The summed E-state index contributed by atoms with van der Waals surface area (Å²) in [5.74, 6) is -0.433. The lowest BCUT2D eigenvalue weighted by atomic mass is 9.79. The molecule has 1 aromatic carbocycles. The first-order valence-corrected chi connectivity index (χ1v) is 7.88. The molecule has 1 aromatic rings. The molecule has 0 heterocycles. The molecule has 0 atom stereocenters. The van der Waals surface area contributed by atoms with E-state index >= 15 is 0 Å². The van der Waals surface area contributed by atoms with Crippen LogP contribution in [0.3, 0.4) is 0 Å². The van der Waals surface area contributed by atoms with E-state index in [2.05, 4.69) is 0 Å². The summed E-state index contributed by atoms with van der Waals surface area (Å²) in [6.45, 7) is 2.06. The zero-order valence-electron chi connectivity index (χ0n) is 12.0. The molecule has 6 heteroatoms. The molecule has 0 radical (unpaired) electrons. The summed E-state index contributed by atoms with van der Waals surface area (Å²) < 4.78 is 39.6. The van der Waals surface area contributed by atoms with Crippen molar-refractivity contribution in [2.24, 2.45) is 5.92 Å². The van der Waals surface area contributed by atoms with Crippen LogP contribution in [0.15, 0.2) is 29.2 Å². The van der Waals surface area contributed by atoms with Crippen molar-refractivity contribution < 1.29 is 22.1 Å². The minimum Gasteiger partial charge on any atom is -0.353 e. The molecule has 0 N–H and O–H groups in total. The minimum absolute atomic E-state index is 0.134. The van der Waals surface area contributed by atoms with Crippen molar-refractivity contribution in [1.82, 2.24) is 0 Å². The Morgan fingerprint density at radius 1 is 1.15 bits per heavy atom. The van der Waals surface area contributed by atoms with Crippen LogP contribution >= 0.6 is 0 Å². The lowest BCUT2D eigenvalue weighted by Crippen LogP contribution is -2.48. The molecule has 112 valence electrons. The molecule has 0 aromatic heterocycles. The van der Waals surface area contributed by atoms with Gasteiger partial charge in [0.2, 0.25) is 0 Å². The Balaban J connectivity index is 1.90. The summed E-state index contributed by atoms with van der Waals surface area (Å²) in [6, 6.07) is 6.61. The van der Waals surface area contributed by atoms with Gasteiger partial charge in [-0.15, -0.1) is 0 Å². The highest BCUT2D eigenvalue weighted by Gasteiger charge is 2.45. The maximum absolute atomic E-state index is 12.0. The summed E-state index contributed by atoms with van der Waals surface area (Å²) in [4.78, 5) is 0.187. The number of methoxy groups -OCH3 is 2. The fraction of sp³-hybridized carbons (Fsp3) is 0.571. The largest absolute Gasteiger partial charge is 0.353 e. The number of benzene rings is 1. The Kier molecular flexibility index (Phi) is 4.49. The summed E-state index contributed by atoms with van der Waals surface area (Å²) in [5.41, 5.74) is 1.01. The topological polar surface area (TPSA) is 61.8 Å². The van der Waals surface area contributed by atoms with Crippen LogP contribution < -0.4 is 0 Å². The predicted octanol–water partition coefficient (Wildman–Crippen LogP) is 2.10. The van der Waals surface area contributed by atoms with E-state index in [4.69, 9.17) is 13.7 Å². The van der Waals surface area contributed by atoms with Crippen molar-refractivity contribution in [1.29, 1.82) is 0 Å². The van der Waals surface area contributed by atoms with Gasteiger partial charge in [0, 0.05) is 27.1 Å². The Morgan fingerprint density at radius 2 is 1.70 bits per heavy atom. The normalized spacial score (nSPS) is 18.8. The smallest absolute Gasteiger partial charge is 0.296 e. The van der Waals surface area contributed by atoms with Crippen molar-refractivity contribution in [2.75, 3.05) is 20.8 Å². The van der Waals surface area contributed by atoms with Crippen LogP contribution in [0.4, 0.5) is 0 Å². The summed E-state index contributed by atoms with van der Waals surface area (Å²) >= 11 is 0. The summed E-state index contributed by atoms with van der Waals surface area (Å²) in [7, 11) is -0.507. The molecule has 2 rings (SSSR count). The van der Waals surface area contributed by atoms with E-state index in [9.17, 15) is 8.42 Å². The third-order valence-corrected chi connectivity index (χ3v) is 5.01. The van der Waals surface area contributed by atoms with Gasteiger partial charge in [0.25, 0.3) is 10.1 Å². The Hall–Kier alpha value is -0.950. The first-order chi connectivity index (χ1) is 9.41. The molecule has 20 heavy (non-hydrogen) atoms. The molecule has 0 spiro atoms. The SMILES string of the molecule is COC1(OC)CC(COS(=O)(=O)c2ccc(C)cc2)C1. The molecule has 0 amide bonds. The molecular weight excluding hydrogens is 280 g/mol. The second-order valence-corrected chi connectivity index (χ2v) is 6.76. The highest BCUT2D eigenvalue weighted by Crippen LogP contribution is 2.41. The van der Waals surface area contributed by atoms with E-state index in [1.54, 1.807) is 38.5 Å². The lowest BCUT2D eigenvalue weighted by molar-refractivity contribution is -0.272. The average Bonchev–Trinajstić information content (AvgIpc) is 2.38. The maximum atomic E-state index is 12.0. The van der Waals surface area contributed by atoms with Crippen molar-refractivity contribution in [3.8, 4) is 0 Å². The minimum atomic E-state index is -3.68. The highest BCUT2D eigenvalue weighted by molar-refractivity contribution is 7.86. The van der Waals surface area contributed by atoms with Gasteiger partial charge in [-0.3, -0.25) is 4.18 Å². The summed E-state index contributed by atoms with van der Waals surface area (Å²) in [5, 5.41) is 0. The molecular formula is C14H20O5S. The van der Waals surface area contributed by atoms with E-state index in [0.29, 0.717) is 12.8 Å². The van der Waals surface area contributed by atoms with Gasteiger partial charge in [-0.2, -0.15) is 8.42 Å². The maximum Gasteiger partial charge on any atom is 0.296 e. The summed E-state index contributed by atoms with van der Waals surface area (Å²) in [6.07, 6.45) is 1.28. The molecule has 5 nitrogen and oxygen atoms in total. The lowest BCUT2D eigenvalue weighted by Gasteiger charge is -2.44. The molecule has 0 aliphatic heterocycles. The zero-order chi connectivity index (χ0) is 14.8. The van der Waals surface area contributed by atoms with Gasteiger partial charge in [-0.25, -0.2) is 0 Å². The molecule has 1 aliphatic carbocycles. The number of hydrogen-bond acceptors (Lipinski definition) is 5. The van der Waals surface area contributed by atoms with Crippen LogP contribution in [0, 0.1) is 12.8 Å². The van der Waals surface area contributed by atoms with Gasteiger partial charge in [0.15, 0.2) is 5.79 Å². The second kappa shape index (κ2) is 5.81. The third kappa shape index (κ3) is 3.20. The van der Waals surface area contributed by atoms with E-state index in [1.165, 1.54) is 0 Å². The first kappa shape index (κ1) is 15.4. The average molecular weight is 300 g/mol. The van der Waals surface area contributed by atoms with Gasteiger partial charge in [-0.05, 0) is 25.0 Å². The van der Waals surface area contributed by atoms with Crippen molar-refractivity contribution in [3.05, 3.63) is 29.8 Å². The quantitative estimate of drug-likeness (QED) is 0.595. The van der Waals surface area contributed by atoms with Crippen LogP contribution in [0.1, 0.15) is 18.4 Å². The van der Waals surface area contributed by atoms with Gasteiger partial charge in [-0.1, -0.05) is 17.7 Å². The molecule has 1 saturated carbocycles. The van der Waals surface area contributed by atoms with E-state index in [0.717, 1.165) is 5.56 Å². The van der Waals surface area contributed by atoms with Gasteiger partial charge >= 0.3 is 0 Å². The van der Waals surface area contributed by atoms with Gasteiger partial charge in [0.1, 0.15) is 0 Å². The fourth-order valence-electron chi connectivity index (χ4n) is 2.31. The number of rotatable bonds is 6. The molecule has 1 aliphatic rings. The molecule has 0 saturated heterocycles. The third-order valence-electron chi connectivity index (χ3n) is 3.71. The van der Waals surface area contributed by atoms with Crippen LogP contribution in [0.5, 0.6) is 0 Å². The van der Waals surface area contributed by atoms with Crippen LogP contribution in [0.25, 0.3) is 0 Å². The molecule has 0 unspecified atom stereocenters. The van der Waals surface area contributed by atoms with Crippen molar-refractivity contribution >= 4 is 10.1 Å². The van der Waals surface area contributed by atoms with Gasteiger partial charge in [0.05, 0.1) is 11.5 Å². The van der Waals surface area contributed by atoms with E-state index < -0.39 is 15.9 Å². The zero-order valence-corrected chi connectivity index (χ0v) is 12.8. The van der Waals surface area contributed by atoms with E-state index in [-0.39, 0.29) is 17.4 Å². The van der Waals surface area contributed by atoms with Gasteiger partial charge < -0.3 is 9.47 Å². The monoisotopic (exact) mass is 300 g/mol. The Bertz CT molecular complexity index is 537. The predicted molar refractivity (Wildman–Crippen MR) is 73.8 cm³/mol. The molecule has 0 bridgehead atoms. The first-order valence-electron chi connectivity index (χ1n) is 6.47. The number of hydrogen-bond donors (Lipinski definition) is 0.